The van der Waals surface area contributed by atoms with Crippen LogP contribution in [0.4, 0.5) is 0 Å². The molecule has 0 aromatic rings. The number of hydrogen-bond donors (Lipinski definition) is 1. The van der Waals surface area contributed by atoms with Crippen molar-refractivity contribution in [1.82, 2.24) is 0 Å². The minimum absolute atomic E-state index is 0.118. The summed E-state index contributed by atoms with van der Waals surface area (Å²) in [5, 5.41) is 9.80. The Morgan fingerprint density at radius 1 is 1.50 bits per heavy atom. The van der Waals surface area contributed by atoms with Gasteiger partial charge < -0.3 is 5.11 Å². The van der Waals surface area contributed by atoms with Gasteiger partial charge in [-0.1, -0.05) is 33.4 Å². The molecular weight excluding hydrogens is 216 g/mol. The van der Waals surface area contributed by atoms with Crippen LogP contribution in [-0.4, -0.2) is 5.11 Å². The van der Waals surface area contributed by atoms with Gasteiger partial charge in [0.1, 0.15) is 5.76 Å². The summed E-state index contributed by atoms with van der Waals surface area (Å²) in [5.74, 6) is 0.405. The maximum absolute atomic E-state index is 9.80. The minimum atomic E-state index is -0.118. The van der Waals surface area contributed by atoms with Crippen LogP contribution in [0, 0.1) is 5.41 Å². The second kappa shape index (κ2) is 4.70. The molecular formula is C10H17BrO. The van der Waals surface area contributed by atoms with Crippen LogP contribution in [0.25, 0.3) is 0 Å². The molecule has 70 valence electrons. The van der Waals surface area contributed by atoms with Crippen molar-refractivity contribution in [1.29, 1.82) is 0 Å². The molecule has 0 aliphatic rings. The van der Waals surface area contributed by atoms with Crippen molar-refractivity contribution in [3.63, 3.8) is 0 Å². The van der Waals surface area contributed by atoms with Gasteiger partial charge in [-0.3, -0.25) is 0 Å². The van der Waals surface area contributed by atoms with Gasteiger partial charge in [-0.2, -0.15) is 0 Å². The summed E-state index contributed by atoms with van der Waals surface area (Å²) >= 11 is 3.27. The van der Waals surface area contributed by atoms with Crippen LogP contribution in [-0.2, 0) is 0 Å². The van der Waals surface area contributed by atoms with Crippen molar-refractivity contribution in [2.75, 3.05) is 0 Å². The molecule has 0 radical (unpaired) electrons. The Kier molecular flexibility index (Phi) is 4.61. The number of allylic oxidation sites excluding steroid dienone is 3. The first-order chi connectivity index (χ1) is 5.51. The van der Waals surface area contributed by atoms with E-state index in [4.69, 9.17) is 0 Å². The normalized spacial score (nSPS) is 14.0. The molecule has 0 aliphatic carbocycles. The third kappa shape index (κ3) is 2.37. The molecule has 12 heavy (non-hydrogen) atoms. The van der Waals surface area contributed by atoms with Crippen molar-refractivity contribution < 1.29 is 5.11 Å². The smallest absolute Gasteiger partial charge is 0.112 e. The van der Waals surface area contributed by atoms with E-state index in [1.165, 1.54) is 0 Å². The molecule has 0 unspecified atom stereocenters. The summed E-state index contributed by atoms with van der Waals surface area (Å²) in [4.78, 5) is 0. The Morgan fingerprint density at radius 2 is 1.92 bits per heavy atom. The van der Waals surface area contributed by atoms with E-state index in [0.29, 0.717) is 10.2 Å². The van der Waals surface area contributed by atoms with Crippen molar-refractivity contribution in [3.05, 3.63) is 22.9 Å². The molecule has 0 aromatic carbocycles. The molecule has 0 saturated carbocycles. The molecule has 0 spiro atoms. The van der Waals surface area contributed by atoms with Crippen molar-refractivity contribution in [3.8, 4) is 0 Å². The monoisotopic (exact) mass is 232 g/mol. The molecule has 1 N–H and O–H groups in total. The van der Waals surface area contributed by atoms with E-state index < -0.39 is 0 Å². The summed E-state index contributed by atoms with van der Waals surface area (Å²) in [7, 11) is 0. The van der Waals surface area contributed by atoms with Gasteiger partial charge in [0.2, 0.25) is 0 Å². The molecule has 0 heterocycles. The zero-order valence-electron chi connectivity index (χ0n) is 8.02. The van der Waals surface area contributed by atoms with Crippen LogP contribution in [0.3, 0.4) is 0 Å². The third-order valence-corrected chi connectivity index (χ3v) is 3.24. The Balaban J connectivity index is 4.86. The average molecular weight is 233 g/mol. The highest BCUT2D eigenvalue weighted by Crippen LogP contribution is 2.36. The lowest BCUT2D eigenvalue weighted by atomic mass is 9.82. The van der Waals surface area contributed by atoms with Crippen molar-refractivity contribution in [2.45, 2.75) is 33.6 Å². The van der Waals surface area contributed by atoms with E-state index in [1.54, 1.807) is 6.08 Å². The van der Waals surface area contributed by atoms with Crippen LogP contribution in [0.5, 0.6) is 0 Å². The first-order valence-electron chi connectivity index (χ1n) is 4.23. The van der Waals surface area contributed by atoms with Crippen molar-refractivity contribution >= 4 is 15.9 Å². The molecule has 1 nitrogen and oxygen atoms in total. The molecule has 0 fully saturated rings. The van der Waals surface area contributed by atoms with Gasteiger partial charge in [0, 0.05) is 5.41 Å². The zero-order chi connectivity index (χ0) is 9.78. The summed E-state index contributed by atoms with van der Waals surface area (Å²) in [6.07, 6.45) is 3.48. The van der Waals surface area contributed by atoms with E-state index in [2.05, 4.69) is 36.4 Å². The predicted octanol–water partition coefficient (Wildman–Crippen LogP) is 4.16. The van der Waals surface area contributed by atoms with Gasteiger partial charge in [-0.15, -0.1) is 0 Å². The third-order valence-electron chi connectivity index (χ3n) is 2.54. The lowest BCUT2D eigenvalue weighted by Crippen LogP contribution is -2.17. The number of aliphatic hydroxyl groups is 1. The van der Waals surface area contributed by atoms with Crippen LogP contribution in [0.15, 0.2) is 22.9 Å². The van der Waals surface area contributed by atoms with Gasteiger partial charge in [0.05, 0.1) is 4.48 Å². The number of aliphatic hydroxyl groups excluding tert-OH is 1. The molecule has 0 aromatic heterocycles. The highest BCUT2D eigenvalue weighted by Gasteiger charge is 2.26. The lowest BCUT2D eigenvalue weighted by Gasteiger charge is -2.26. The number of hydrogen-bond acceptors (Lipinski definition) is 1. The largest absolute Gasteiger partial charge is 0.511 e. The first-order valence-corrected chi connectivity index (χ1v) is 5.02. The van der Waals surface area contributed by atoms with Crippen molar-refractivity contribution in [2.24, 2.45) is 5.41 Å². The molecule has 0 bridgehead atoms. The highest BCUT2D eigenvalue weighted by molar-refractivity contribution is 9.11. The van der Waals surface area contributed by atoms with Gasteiger partial charge >= 0.3 is 0 Å². The predicted molar refractivity (Wildman–Crippen MR) is 57.5 cm³/mol. The fourth-order valence-electron chi connectivity index (χ4n) is 0.970. The number of rotatable bonds is 4. The molecule has 0 atom stereocenters. The molecule has 0 rings (SSSR count). The van der Waals surface area contributed by atoms with Crippen LogP contribution in [0.2, 0.25) is 0 Å². The van der Waals surface area contributed by atoms with E-state index in [0.717, 1.165) is 12.8 Å². The van der Waals surface area contributed by atoms with Gasteiger partial charge in [0.25, 0.3) is 0 Å². The molecule has 0 aliphatic heterocycles. The fourth-order valence-corrected chi connectivity index (χ4v) is 1.45. The topological polar surface area (TPSA) is 20.2 Å². The lowest BCUT2D eigenvalue weighted by molar-refractivity contribution is 0.223. The Hall–Kier alpha value is -0.240. The van der Waals surface area contributed by atoms with E-state index in [-0.39, 0.29) is 5.41 Å². The van der Waals surface area contributed by atoms with E-state index in [9.17, 15) is 5.11 Å². The fraction of sp³-hybridized carbons (Fsp3) is 0.600. The first kappa shape index (κ1) is 11.8. The summed E-state index contributed by atoms with van der Waals surface area (Å²) < 4.78 is 0.702. The SMILES string of the molecule is C=C/C(Br)=C(/O)C(C)(CC)CC. The highest BCUT2D eigenvalue weighted by atomic mass is 79.9. The van der Waals surface area contributed by atoms with Crippen LogP contribution in [0.1, 0.15) is 33.6 Å². The quantitative estimate of drug-likeness (QED) is 0.570. The van der Waals surface area contributed by atoms with E-state index >= 15 is 0 Å². The molecule has 0 amide bonds. The summed E-state index contributed by atoms with van der Waals surface area (Å²) in [6, 6.07) is 0. The maximum atomic E-state index is 9.80. The Labute approximate surface area is 83.3 Å². The van der Waals surface area contributed by atoms with Crippen LogP contribution >= 0.6 is 15.9 Å². The van der Waals surface area contributed by atoms with Gasteiger partial charge in [0.15, 0.2) is 0 Å². The van der Waals surface area contributed by atoms with Crippen LogP contribution < -0.4 is 0 Å². The van der Waals surface area contributed by atoms with Gasteiger partial charge in [-0.25, -0.2) is 0 Å². The molecule has 0 saturated heterocycles. The second-order valence-electron chi connectivity index (χ2n) is 3.17. The Morgan fingerprint density at radius 3 is 2.17 bits per heavy atom. The average Bonchev–Trinajstić information content (AvgIpc) is 2.14. The Bertz CT molecular complexity index is 190. The minimum Gasteiger partial charge on any atom is -0.511 e. The summed E-state index contributed by atoms with van der Waals surface area (Å²) in [6.45, 7) is 9.79. The maximum Gasteiger partial charge on any atom is 0.112 e. The van der Waals surface area contributed by atoms with E-state index in [1.807, 2.05) is 6.92 Å². The number of halogens is 1. The molecule has 2 heteroatoms. The standard InChI is InChI=1S/C10H17BrO/c1-5-8(11)9(12)10(4,6-2)7-3/h5,12H,1,6-7H2,2-4H3/b9-8-. The summed E-state index contributed by atoms with van der Waals surface area (Å²) in [5.41, 5.74) is -0.118. The van der Waals surface area contributed by atoms with Gasteiger partial charge in [-0.05, 0) is 28.8 Å². The second-order valence-corrected chi connectivity index (χ2v) is 4.02. The zero-order valence-corrected chi connectivity index (χ0v) is 9.61.